The molecule has 0 fully saturated rings. The molecule has 4 rings (SSSR count). The van der Waals surface area contributed by atoms with Crippen LogP contribution < -0.4 is 37.2 Å². The molecule has 4 aromatic rings. The Hall–Kier alpha value is -6.57. The van der Waals surface area contributed by atoms with Gasteiger partial charge in [0.1, 0.15) is 30.2 Å². The molecule has 360 valence electrons. The zero-order valence-corrected chi connectivity index (χ0v) is 39.2. The number of rotatable bonds is 27. The van der Waals surface area contributed by atoms with Crippen molar-refractivity contribution in [1.29, 1.82) is 0 Å². The lowest BCUT2D eigenvalue weighted by Crippen LogP contribution is -2.59. The zero-order valence-electron chi connectivity index (χ0n) is 39.2. The molecule has 0 radical (unpaired) electrons. The van der Waals surface area contributed by atoms with E-state index in [2.05, 4.69) is 76.0 Å². The summed E-state index contributed by atoms with van der Waals surface area (Å²) < 4.78 is 5.88. The molecular formula is C46H68N12O8. The van der Waals surface area contributed by atoms with Gasteiger partial charge in [-0.05, 0) is 49.1 Å². The van der Waals surface area contributed by atoms with Crippen LogP contribution in [0.2, 0.25) is 0 Å². The molecule has 0 aliphatic rings. The lowest BCUT2D eigenvalue weighted by atomic mass is 10.0. The van der Waals surface area contributed by atoms with Crippen molar-refractivity contribution in [3.05, 3.63) is 72.5 Å². The third kappa shape index (κ3) is 17.1. The van der Waals surface area contributed by atoms with E-state index in [9.17, 15) is 33.6 Å². The number of para-hydroxylation sites is 1. The Bertz CT molecular complexity index is 2190. The minimum absolute atomic E-state index is 0.0294. The molecular weight excluding hydrogens is 849 g/mol. The average Bonchev–Trinajstić information content (AvgIpc) is 4.06. The van der Waals surface area contributed by atoms with Crippen molar-refractivity contribution in [2.24, 2.45) is 17.8 Å². The molecule has 1 unspecified atom stereocenters. The van der Waals surface area contributed by atoms with Crippen LogP contribution in [0.5, 0.6) is 0 Å². The topological polar surface area (TPSA) is 286 Å². The van der Waals surface area contributed by atoms with Crippen molar-refractivity contribution in [1.82, 2.24) is 62.1 Å². The number of ether oxygens (including phenoxy) is 1. The third-order valence-electron chi connectivity index (χ3n) is 10.7. The number of hydrogen-bond donors (Lipinski definition) is 10. The molecule has 7 amide bonds. The van der Waals surface area contributed by atoms with Gasteiger partial charge in [0.25, 0.3) is 0 Å². The molecule has 10 N–H and O–H groups in total. The lowest BCUT2D eigenvalue weighted by molar-refractivity contribution is -0.135. The van der Waals surface area contributed by atoms with Gasteiger partial charge in [-0.15, -0.1) is 0 Å². The standard InChI is InChI=1S/C46H68N12O8/c1-26(2)13-14-66-23-34(15-27(3)4)55-44(63)39(18-33-21-48-25-52-33)56-40(60)22-50-46(65)41(28(5)6)58-42(61)29(7)53-43(62)37(16-31-19-49-36-12-10-9-11-35(31)36)57-45(64)38(54-30(8)59)17-32-20-47-24-51-32/h9-12,19-21,24-29,34,37-39,41,49H,13-18,22-23H2,1-8H3,(H,47,51)(H,48,52)(H,50,65)(H,53,62)(H,54,59)(H,55,63)(H,56,60)(H,57,64)(H,58,61)/t29-,34?,37-,38-,39-,41-/m0/s1. The molecule has 0 saturated heterocycles. The number of aromatic amines is 3. The van der Waals surface area contributed by atoms with Gasteiger partial charge in [-0.25, -0.2) is 9.97 Å². The van der Waals surface area contributed by atoms with E-state index >= 15 is 0 Å². The molecule has 1 aromatic carbocycles. The number of nitrogens with one attached hydrogen (secondary N) is 10. The van der Waals surface area contributed by atoms with E-state index < -0.39 is 84.0 Å². The van der Waals surface area contributed by atoms with E-state index in [-0.39, 0.29) is 31.2 Å². The van der Waals surface area contributed by atoms with Gasteiger partial charge in [0.05, 0.1) is 31.8 Å². The third-order valence-corrected chi connectivity index (χ3v) is 10.7. The highest BCUT2D eigenvalue weighted by Gasteiger charge is 2.32. The Morgan fingerprint density at radius 3 is 1.85 bits per heavy atom. The van der Waals surface area contributed by atoms with Crippen LogP contribution in [0.25, 0.3) is 10.9 Å². The van der Waals surface area contributed by atoms with Gasteiger partial charge in [0.2, 0.25) is 41.4 Å². The SMILES string of the molecule is CC(=O)N[C@@H](Cc1cnc[nH]1)C(=O)N[C@@H](Cc1c[nH]c2ccccc12)C(=O)N[C@@H](C)C(=O)N[C@H](C(=O)NCC(=O)N[C@@H](Cc1cnc[nH]1)C(=O)NC(COCCC(C)C)CC(C)C)C(C)C. The molecule has 3 heterocycles. The predicted molar refractivity (Wildman–Crippen MR) is 247 cm³/mol. The van der Waals surface area contributed by atoms with Crippen LogP contribution in [0, 0.1) is 17.8 Å². The number of carbonyl (C=O) groups is 7. The summed E-state index contributed by atoms with van der Waals surface area (Å²) in [5.41, 5.74) is 2.74. The van der Waals surface area contributed by atoms with E-state index in [0.29, 0.717) is 36.9 Å². The van der Waals surface area contributed by atoms with E-state index in [0.717, 1.165) is 22.9 Å². The fourth-order valence-corrected chi connectivity index (χ4v) is 7.20. The first kappa shape index (κ1) is 52.1. The van der Waals surface area contributed by atoms with Gasteiger partial charge in [-0.2, -0.15) is 0 Å². The molecule has 20 heteroatoms. The number of H-pyrrole nitrogens is 3. The van der Waals surface area contributed by atoms with Crippen LogP contribution in [-0.2, 0) is 57.6 Å². The number of aromatic nitrogens is 5. The van der Waals surface area contributed by atoms with Gasteiger partial charge in [-0.3, -0.25) is 33.6 Å². The lowest BCUT2D eigenvalue weighted by Gasteiger charge is -2.26. The van der Waals surface area contributed by atoms with Gasteiger partial charge < -0.3 is 56.9 Å². The minimum Gasteiger partial charge on any atom is -0.379 e. The maximum absolute atomic E-state index is 14.0. The fraction of sp³-hybridized carbons (Fsp3) is 0.543. The quantitative estimate of drug-likeness (QED) is 0.0385. The second kappa shape index (κ2) is 25.8. The molecule has 0 bridgehead atoms. The Balaban J connectivity index is 1.40. The van der Waals surface area contributed by atoms with Crippen LogP contribution in [0.15, 0.2) is 55.5 Å². The monoisotopic (exact) mass is 917 g/mol. The second-order valence-electron chi connectivity index (χ2n) is 17.8. The molecule has 0 aliphatic carbocycles. The van der Waals surface area contributed by atoms with E-state index in [1.54, 1.807) is 26.2 Å². The summed E-state index contributed by atoms with van der Waals surface area (Å²) in [5, 5.41) is 19.9. The Labute approximate surface area is 385 Å². The highest BCUT2D eigenvalue weighted by Crippen LogP contribution is 2.20. The number of carbonyl (C=O) groups excluding carboxylic acids is 7. The fourth-order valence-electron chi connectivity index (χ4n) is 7.20. The van der Waals surface area contributed by atoms with E-state index in [1.165, 1.54) is 32.7 Å². The van der Waals surface area contributed by atoms with Gasteiger partial charge in [-0.1, -0.05) is 59.7 Å². The van der Waals surface area contributed by atoms with E-state index in [4.69, 9.17) is 4.74 Å². The molecule has 6 atom stereocenters. The molecule has 0 aliphatic heterocycles. The average molecular weight is 917 g/mol. The molecule has 66 heavy (non-hydrogen) atoms. The number of nitrogens with zero attached hydrogens (tertiary/aromatic N) is 2. The molecule has 0 saturated carbocycles. The van der Waals surface area contributed by atoms with Gasteiger partial charge >= 0.3 is 0 Å². The number of fused-ring (bicyclic) bond motifs is 1. The first-order valence-electron chi connectivity index (χ1n) is 22.5. The first-order valence-corrected chi connectivity index (χ1v) is 22.5. The van der Waals surface area contributed by atoms with Crippen molar-refractivity contribution >= 4 is 52.3 Å². The number of benzene rings is 1. The van der Waals surface area contributed by atoms with Crippen molar-refractivity contribution < 1.29 is 38.3 Å². The zero-order chi connectivity index (χ0) is 48.3. The summed E-state index contributed by atoms with van der Waals surface area (Å²) in [7, 11) is 0. The Morgan fingerprint density at radius 1 is 0.652 bits per heavy atom. The highest BCUT2D eigenvalue weighted by atomic mass is 16.5. The van der Waals surface area contributed by atoms with Crippen LogP contribution >= 0.6 is 0 Å². The number of imidazole rings is 2. The molecule has 3 aromatic heterocycles. The summed E-state index contributed by atoms with van der Waals surface area (Å²) >= 11 is 0. The maximum Gasteiger partial charge on any atom is 0.243 e. The van der Waals surface area contributed by atoms with Crippen molar-refractivity contribution in [2.75, 3.05) is 19.8 Å². The highest BCUT2D eigenvalue weighted by molar-refractivity contribution is 5.97. The molecule has 20 nitrogen and oxygen atoms in total. The van der Waals surface area contributed by atoms with Crippen LogP contribution in [0.1, 0.15) is 85.2 Å². The summed E-state index contributed by atoms with van der Waals surface area (Å²) in [4.78, 5) is 111. The number of hydrogen-bond acceptors (Lipinski definition) is 10. The minimum atomic E-state index is -1.20. The Morgan fingerprint density at radius 2 is 1.26 bits per heavy atom. The van der Waals surface area contributed by atoms with Crippen molar-refractivity contribution in [3.8, 4) is 0 Å². The summed E-state index contributed by atoms with van der Waals surface area (Å²) in [6.45, 7) is 14.8. The smallest absolute Gasteiger partial charge is 0.243 e. The summed E-state index contributed by atoms with van der Waals surface area (Å²) in [6.07, 6.45) is 9.49. The van der Waals surface area contributed by atoms with Gasteiger partial charge in [0, 0.05) is 73.7 Å². The largest absolute Gasteiger partial charge is 0.379 e. The van der Waals surface area contributed by atoms with Crippen molar-refractivity contribution in [3.63, 3.8) is 0 Å². The predicted octanol–water partition coefficient (Wildman–Crippen LogP) is 1.47. The summed E-state index contributed by atoms with van der Waals surface area (Å²) in [5.74, 6) is -3.91. The normalized spacial score (nSPS) is 14.2. The van der Waals surface area contributed by atoms with Crippen LogP contribution in [0.4, 0.5) is 0 Å². The van der Waals surface area contributed by atoms with Gasteiger partial charge in [0.15, 0.2) is 0 Å². The van der Waals surface area contributed by atoms with E-state index in [1.807, 2.05) is 38.1 Å². The van der Waals surface area contributed by atoms with Crippen molar-refractivity contribution in [2.45, 2.75) is 124 Å². The van der Waals surface area contributed by atoms with Crippen LogP contribution in [0.3, 0.4) is 0 Å². The number of amides is 7. The van der Waals surface area contributed by atoms with Crippen LogP contribution in [-0.4, -0.2) is 122 Å². The summed E-state index contributed by atoms with van der Waals surface area (Å²) in [6, 6.07) is 1.59. The second-order valence-corrected chi connectivity index (χ2v) is 17.8. The maximum atomic E-state index is 14.0. The first-order chi connectivity index (χ1) is 31.4. The Kier molecular flexibility index (Phi) is 20.3. The molecule has 0 spiro atoms.